The molecule has 206 valence electrons. The van der Waals surface area contributed by atoms with Crippen LogP contribution >= 0.6 is 0 Å². The van der Waals surface area contributed by atoms with Crippen LogP contribution < -0.4 is 32.0 Å². The van der Waals surface area contributed by atoms with Gasteiger partial charge in [-0.25, -0.2) is 23.5 Å². The Balaban J connectivity index is 1.80. The highest BCUT2D eigenvalue weighted by atomic mass is 19.1. The van der Waals surface area contributed by atoms with E-state index < -0.39 is 41.1 Å². The van der Waals surface area contributed by atoms with Crippen molar-refractivity contribution in [3.63, 3.8) is 0 Å². The maximum atomic E-state index is 15.6. The lowest BCUT2D eigenvalue weighted by Gasteiger charge is -2.35. The molecule has 1 aliphatic rings. The number of rotatable bonds is 7. The topological polar surface area (TPSA) is 185 Å². The lowest BCUT2D eigenvalue weighted by Crippen LogP contribution is -2.49. The summed E-state index contributed by atoms with van der Waals surface area (Å²) in [6.07, 6.45) is -1.94. The first-order chi connectivity index (χ1) is 19.0. The van der Waals surface area contributed by atoms with Gasteiger partial charge in [0.05, 0.1) is 5.69 Å². The van der Waals surface area contributed by atoms with Gasteiger partial charge in [0.2, 0.25) is 12.1 Å². The first kappa shape index (κ1) is 27.4. The van der Waals surface area contributed by atoms with Crippen LogP contribution in [0.5, 0.6) is 17.2 Å². The molecule has 0 fully saturated rings. The summed E-state index contributed by atoms with van der Waals surface area (Å²) in [6.45, 7) is 1.14. The average Bonchev–Trinajstić information content (AvgIpc) is 2.91. The van der Waals surface area contributed by atoms with E-state index in [0.717, 1.165) is 6.92 Å². The number of halogens is 2. The van der Waals surface area contributed by atoms with Crippen molar-refractivity contribution in [2.75, 3.05) is 5.32 Å². The average molecular weight is 550 g/mol. The van der Waals surface area contributed by atoms with Crippen LogP contribution in [0.25, 0.3) is 0 Å². The van der Waals surface area contributed by atoms with Gasteiger partial charge in [0.15, 0.2) is 29.1 Å². The van der Waals surface area contributed by atoms with Gasteiger partial charge in [0, 0.05) is 22.9 Å². The number of ether oxygens (including phenoxy) is 2. The summed E-state index contributed by atoms with van der Waals surface area (Å²) in [4.78, 5) is 18.0. The third-order valence-corrected chi connectivity index (χ3v) is 5.59. The minimum Gasteiger partial charge on any atom is -0.504 e. The number of nitrogens with zero attached hydrogens (tertiary/aromatic N) is 2. The zero-order valence-corrected chi connectivity index (χ0v) is 21.1. The van der Waals surface area contributed by atoms with Crippen LogP contribution in [0.15, 0.2) is 101 Å². The van der Waals surface area contributed by atoms with Gasteiger partial charge in [-0.15, -0.1) is 0 Å². The van der Waals surface area contributed by atoms with Gasteiger partial charge < -0.3 is 37.1 Å². The van der Waals surface area contributed by atoms with E-state index in [9.17, 15) is 9.90 Å². The minimum absolute atomic E-state index is 0.0143. The number of benzene rings is 3. The summed E-state index contributed by atoms with van der Waals surface area (Å²) in [7, 11) is 0. The predicted molar refractivity (Wildman–Crippen MR) is 145 cm³/mol. The van der Waals surface area contributed by atoms with E-state index in [-0.39, 0.29) is 34.5 Å². The van der Waals surface area contributed by atoms with Crippen LogP contribution in [0.4, 0.5) is 25.0 Å². The standard InChI is InChI=1S/C27H25F2N7O4/c1-14-21(28)24(39-18-9-5-8-17(13-18)34-26(32)33)36(27(38)35-16-6-3-2-4-7-16)25(22(14)29)40-20-12-15(23(30)31)10-11-19(20)37/h2-13,25,37H,1H3,(H3,30,31)(H,35,38)(H4,32,33,34). The number of hydrogen-bond acceptors (Lipinski definition) is 6. The van der Waals surface area contributed by atoms with E-state index in [0.29, 0.717) is 10.6 Å². The molecule has 0 aliphatic carbocycles. The second-order valence-corrected chi connectivity index (χ2v) is 8.46. The molecule has 1 heterocycles. The molecular formula is C27H25F2N7O4. The lowest BCUT2D eigenvalue weighted by molar-refractivity contribution is 0.0488. The Morgan fingerprint density at radius 3 is 2.45 bits per heavy atom. The summed E-state index contributed by atoms with van der Waals surface area (Å²) in [6, 6.07) is 16.7. The second-order valence-electron chi connectivity index (χ2n) is 8.46. The lowest BCUT2D eigenvalue weighted by atomic mass is 10.1. The minimum atomic E-state index is -1.94. The smallest absolute Gasteiger partial charge is 0.332 e. The number of para-hydroxylation sites is 1. The van der Waals surface area contributed by atoms with Gasteiger partial charge >= 0.3 is 6.03 Å². The summed E-state index contributed by atoms with van der Waals surface area (Å²) in [5.41, 5.74) is 16.6. The number of aromatic hydroxyl groups is 1. The van der Waals surface area contributed by atoms with Gasteiger partial charge in [0.1, 0.15) is 11.6 Å². The molecule has 0 bridgehead atoms. The molecule has 3 aromatic rings. The fraction of sp³-hybridized carbons (Fsp3) is 0.0741. The maximum absolute atomic E-state index is 15.6. The quantitative estimate of drug-likeness (QED) is 0.187. The number of nitrogens with one attached hydrogen (secondary N) is 2. The van der Waals surface area contributed by atoms with Crippen molar-refractivity contribution >= 4 is 29.2 Å². The molecule has 9 N–H and O–H groups in total. The Morgan fingerprint density at radius 1 is 1.05 bits per heavy atom. The van der Waals surface area contributed by atoms with E-state index in [4.69, 9.17) is 32.1 Å². The fourth-order valence-electron chi connectivity index (χ4n) is 3.65. The number of hydrogen-bond donors (Lipinski definition) is 6. The van der Waals surface area contributed by atoms with Crippen molar-refractivity contribution in [1.82, 2.24) is 4.90 Å². The van der Waals surface area contributed by atoms with Gasteiger partial charge in [0.25, 0.3) is 0 Å². The molecule has 11 nitrogen and oxygen atoms in total. The van der Waals surface area contributed by atoms with Crippen molar-refractivity contribution < 1.29 is 28.2 Å². The van der Waals surface area contributed by atoms with Crippen molar-refractivity contribution in [2.24, 2.45) is 22.2 Å². The van der Waals surface area contributed by atoms with Gasteiger partial charge in [-0.3, -0.25) is 5.41 Å². The van der Waals surface area contributed by atoms with Gasteiger partial charge in [-0.1, -0.05) is 24.3 Å². The molecule has 0 saturated heterocycles. The van der Waals surface area contributed by atoms with E-state index in [2.05, 4.69) is 10.3 Å². The molecule has 1 unspecified atom stereocenters. The summed E-state index contributed by atoms with van der Waals surface area (Å²) >= 11 is 0. The van der Waals surface area contributed by atoms with Gasteiger partial charge in [-0.2, -0.15) is 0 Å². The highest BCUT2D eigenvalue weighted by molar-refractivity contribution is 5.95. The van der Waals surface area contributed by atoms with Crippen LogP contribution in [-0.2, 0) is 0 Å². The fourth-order valence-corrected chi connectivity index (χ4v) is 3.65. The summed E-state index contributed by atoms with van der Waals surface area (Å²) in [5.74, 6) is -4.40. The summed E-state index contributed by atoms with van der Waals surface area (Å²) < 4.78 is 42.7. The molecular weight excluding hydrogens is 524 g/mol. The number of amidine groups is 1. The number of guanidine groups is 1. The largest absolute Gasteiger partial charge is 0.504 e. The van der Waals surface area contributed by atoms with Crippen molar-refractivity contribution in [3.05, 3.63) is 101 Å². The molecule has 0 spiro atoms. The molecule has 0 saturated carbocycles. The monoisotopic (exact) mass is 549 g/mol. The van der Waals surface area contributed by atoms with Gasteiger partial charge in [-0.05, 0) is 49.4 Å². The van der Waals surface area contributed by atoms with E-state index in [1.807, 2.05) is 0 Å². The van der Waals surface area contributed by atoms with Crippen molar-refractivity contribution in [3.8, 4) is 17.2 Å². The number of nitrogen functional groups attached to an aromatic ring is 1. The van der Waals surface area contributed by atoms with Crippen molar-refractivity contribution in [1.29, 1.82) is 5.41 Å². The molecule has 0 radical (unpaired) electrons. The van der Waals surface area contributed by atoms with E-state index in [1.54, 1.807) is 36.4 Å². The zero-order chi connectivity index (χ0) is 29.0. The number of carbonyl (C=O) groups is 1. The molecule has 3 aromatic carbocycles. The maximum Gasteiger partial charge on any atom is 0.332 e. The molecule has 2 amide bonds. The zero-order valence-electron chi connectivity index (χ0n) is 21.1. The number of phenolic OH excluding ortho intramolecular Hbond substituents is 1. The Morgan fingerprint density at radius 2 is 1.77 bits per heavy atom. The SMILES string of the molecule is CC1=C(F)C(Oc2cc(C(=N)N)ccc2O)N(C(=O)Nc2ccccc2)C(Oc2cccc(N=C(N)N)c2)=C1F. The van der Waals surface area contributed by atoms with Crippen LogP contribution in [0.1, 0.15) is 12.5 Å². The number of allylic oxidation sites excluding steroid dienone is 2. The first-order valence-corrected chi connectivity index (χ1v) is 11.7. The van der Waals surface area contributed by atoms with Crippen LogP contribution in [0, 0.1) is 5.41 Å². The normalized spacial score (nSPS) is 15.0. The summed E-state index contributed by atoms with van der Waals surface area (Å²) in [5, 5.41) is 20.6. The number of phenols is 1. The number of anilines is 1. The molecule has 1 atom stereocenters. The van der Waals surface area contributed by atoms with Crippen molar-refractivity contribution in [2.45, 2.75) is 13.2 Å². The Kier molecular flexibility index (Phi) is 7.84. The molecule has 40 heavy (non-hydrogen) atoms. The number of amides is 2. The number of nitrogens with two attached hydrogens (primary N) is 3. The highest BCUT2D eigenvalue weighted by Gasteiger charge is 2.42. The van der Waals surface area contributed by atoms with Crippen LogP contribution in [0.3, 0.4) is 0 Å². The third kappa shape index (κ3) is 5.93. The number of aliphatic imine (C=N–C) groups is 1. The van der Waals surface area contributed by atoms with Crippen LogP contribution in [-0.4, -0.2) is 34.1 Å². The Bertz CT molecular complexity index is 1550. The second kappa shape index (κ2) is 11.4. The first-order valence-electron chi connectivity index (χ1n) is 11.7. The Labute approximate surface area is 227 Å². The molecule has 1 aliphatic heterocycles. The van der Waals surface area contributed by atoms with Crippen LogP contribution in [0.2, 0.25) is 0 Å². The molecule has 0 aromatic heterocycles. The molecule has 4 rings (SSSR count). The number of urea groups is 1. The predicted octanol–water partition coefficient (Wildman–Crippen LogP) is 4.29. The molecule has 13 heteroatoms. The van der Waals surface area contributed by atoms with E-state index in [1.165, 1.54) is 36.4 Å². The number of carbonyl (C=O) groups excluding carboxylic acids is 1. The Hall–Kier alpha value is -5.59. The highest BCUT2D eigenvalue weighted by Crippen LogP contribution is 2.39. The van der Waals surface area contributed by atoms with E-state index >= 15 is 8.78 Å². The third-order valence-electron chi connectivity index (χ3n) is 5.59.